The van der Waals surface area contributed by atoms with Gasteiger partial charge in [-0.05, 0) is 42.8 Å². The highest BCUT2D eigenvalue weighted by atomic mass is 16.5. The van der Waals surface area contributed by atoms with Gasteiger partial charge in [0, 0.05) is 19.5 Å². The highest BCUT2D eigenvalue weighted by Crippen LogP contribution is 2.26. The van der Waals surface area contributed by atoms with Crippen molar-refractivity contribution < 1.29 is 9.47 Å². The molecule has 0 bridgehead atoms. The minimum absolute atomic E-state index is 0.0373. The van der Waals surface area contributed by atoms with Crippen LogP contribution < -0.4 is 10.2 Å². The molecule has 3 aromatic rings. The van der Waals surface area contributed by atoms with Crippen molar-refractivity contribution in [3.05, 3.63) is 64.3 Å². The molecule has 0 N–H and O–H groups in total. The maximum atomic E-state index is 12.8. The van der Waals surface area contributed by atoms with Crippen LogP contribution in [0.4, 0.5) is 0 Å². The lowest BCUT2D eigenvalue weighted by Gasteiger charge is -2.14. The van der Waals surface area contributed by atoms with Gasteiger partial charge in [-0.25, -0.2) is 0 Å². The Labute approximate surface area is 140 Å². The van der Waals surface area contributed by atoms with Gasteiger partial charge in [0.25, 0.3) is 0 Å². The molecular formula is C20H21NO3. The number of nitrogens with zero attached hydrogens (tertiary/aromatic N) is 1. The fourth-order valence-corrected chi connectivity index (χ4v) is 2.95. The molecule has 124 valence electrons. The first-order valence-electron chi connectivity index (χ1n) is 7.91. The number of rotatable bonds is 5. The fraction of sp³-hybridized carbons (Fsp3) is 0.250. The van der Waals surface area contributed by atoms with Crippen LogP contribution in [0.15, 0.2) is 58.9 Å². The maximum Gasteiger partial charge on any atom is 0.197 e. The number of aryl methyl sites for hydroxylation is 1. The lowest BCUT2D eigenvalue weighted by atomic mass is 10.1. The van der Waals surface area contributed by atoms with Crippen LogP contribution in [0.1, 0.15) is 6.92 Å². The van der Waals surface area contributed by atoms with Crippen LogP contribution >= 0.6 is 0 Å². The van der Waals surface area contributed by atoms with Crippen LogP contribution in [0.3, 0.4) is 0 Å². The van der Waals surface area contributed by atoms with Crippen molar-refractivity contribution in [2.24, 2.45) is 7.05 Å². The van der Waals surface area contributed by atoms with Gasteiger partial charge in [-0.15, -0.1) is 0 Å². The monoisotopic (exact) mass is 323 g/mol. The maximum absolute atomic E-state index is 12.8. The number of para-hydroxylation sites is 2. The van der Waals surface area contributed by atoms with Crippen LogP contribution in [0.25, 0.3) is 21.8 Å². The Balaban J connectivity index is 2.10. The van der Waals surface area contributed by atoms with Crippen molar-refractivity contribution in [2.45, 2.75) is 6.92 Å². The van der Waals surface area contributed by atoms with Gasteiger partial charge in [-0.1, -0.05) is 18.2 Å². The number of hydrogen-bond donors (Lipinski definition) is 0. The zero-order chi connectivity index (χ0) is 17.1. The standard InChI is InChI=1S/C20H21NO3/c1-14(13-23-3)11-12-24-18-10-6-8-16-19(18)21(2)17-9-5-4-7-15(17)20(16)22/h4-11H,12-13H2,1-3H3/b14-11+. The Bertz CT molecular complexity index is 970. The van der Waals surface area contributed by atoms with Gasteiger partial charge in [0.05, 0.1) is 23.0 Å². The summed E-state index contributed by atoms with van der Waals surface area (Å²) in [6.07, 6.45) is 1.99. The Kier molecular flexibility index (Phi) is 4.67. The smallest absolute Gasteiger partial charge is 0.197 e. The van der Waals surface area contributed by atoms with E-state index in [1.165, 1.54) is 0 Å². The number of benzene rings is 2. The highest BCUT2D eigenvalue weighted by molar-refractivity contribution is 5.96. The van der Waals surface area contributed by atoms with Gasteiger partial charge in [0.1, 0.15) is 12.4 Å². The van der Waals surface area contributed by atoms with Gasteiger partial charge in [0.2, 0.25) is 0 Å². The minimum atomic E-state index is 0.0373. The van der Waals surface area contributed by atoms with Gasteiger partial charge < -0.3 is 14.0 Å². The quantitative estimate of drug-likeness (QED) is 0.531. The zero-order valence-electron chi connectivity index (χ0n) is 14.2. The second kappa shape index (κ2) is 6.89. The average Bonchev–Trinajstić information content (AvgIpc) is 2.60. The molecule has 24 heavy (non-hydrogen) atoms. The summed E-state index contributed by atoms with van der Waals surface area (Å²) in [6, 6.07) is 13.3. The van der Waals surface area contributed by atoms with Crippen LogP contribution in [0, 0.1) is 0 Å². The number of ether oxygens (including phenoxy) is 2. The molecule has 0 unspecified atom stereocenters. The molecule has 3 rings (SSSR count). The highest BCUT2D eigenvalue weighted by Gasteiger charge is 2.12. The first-order valence-corrected chi connectivity index (χ1v) is 7.91. The molecule has 0 radical (unpaired) electrons. The summed E-state index contributed by atoms with van der Waals surface area (Å²) in [6.45, 7) is 3.02. The van der Waals surface area contributed by atoms with Crippen molar-refractivity contribution in [3.8, 4) is 5.75 Å². The van der Waals surface area contributed by atoms with E-state index in [1.54, 1.807) is 7.11 Å². The zero-order valence-corrected chi connectivity index (χ0v) is 14.2. The van der Waals surface area contributed by atoms with Crippen LogP contribution in [-0.4, -0.2) is 24.9 Å². The Morgan fingerprint density at radius 3 is 2.67 bits per heavy atom. The topological polar surface area (TPSA) is 40.5 Å². The number of methoxy groups -OCH3 is 1. The summed E-state index contributed by atoms with van der Waals surface area (Å²) in [5.41, 5.74) is 2.86. The molecule has 1 aromatic heterocycles. The number of fused-ring (bicyclic) bond motifs is 2. The summed E-state index contributed by atoms with van der Waals surface area (Å²) < 4.78 is 13.0. The van der Waals surface area contributed by atoms with Crippen LogP contribution in [0.5, 0.6) is 5.75 Å². The summed E-state index contributed by atoms with van der Waals surface area (Å²) in [4.78, 5) is 12.8. The molecule has 0 aliphatic rings. The normalized spacial score (nSPS) is 12.0. The molecule has 0 spiro atoms. The van der Waals surface area contributed by atoms with Crippen molar-refractivity contribution >= 4 is 21.8 Å². The number of pyridine rings is 1. The minimum Gasteiger partial charge on any atom is -0.487 e. The largest absolute Gasteiger partial charge is 0.487 e. The van der Waals surface area contributed by atoms with Crippen molar-refractivity contribution in [2.75, 3.05) is 20.3 Å². The Hall–Kier alpha value is -2.59. The second-order valence-corrected chi connectivity index (χ2v) is 5.85. The van der Waals surface area contributed by atoms with Crippen molar-refractivity contribution in [1.82, 2.24) is 4.57 Å². The summed E-state index contributed by atoms with van der Waals surface area (Å²) in [7, 11) is 3.63. The average molecular weight is 323 g/mol. The molecular weight excluding hydrogens is 302 g/mol. The van der Waals surface area contributed by atoms with E-state index < -0.39 is 0 Å². The molecule has 0 saturated carbocycles. The van der Waals surface area contributed by atoms with Gasteiger partial charge >= 0.3 is 0 Å². The van der Waals surface area contributed by atoms with E-state index in [1.807, 2.05) is 67.1 Å². The molecule has 2 aromatic carbocycles. The predicted molar refractivity (Wildman–Crippen MR) is 97.8 cm³/mol. The third kappa shape index (κ3) is 2.93. The fourth-order valence-electron chi connectivity index (χ4n) is 2.95. The lowest BCUT2D eigenvalue weighted by Crippen LogP contribution is -2.10. The summed E-state index contributed by atoms with van der Waals surface area (Å²) in [5.74, 6) is 0.708. The van der Waals surface area contributed by atoms with E-state index in [0.717, 1.165) is 22.0 Å². The lowest BCUT2D eigenvalue weighted by molar-refractivity contribution is 0.225. The van der Waals surface area contributed by atoms with Crippen LogP contribution in [-0.2, 0) is 11.8 Å². The number of aromatic nitrogens is 1. The van der Waals surface area contributed by atoms with Gasteiger partial charge in [0.15, 0.2) is 5.43 Å². The summed E-state index contributed by atoms with van der Waals surface area (Å²) >= 11 is 0. The van der Waals surface area contributed by atoms with Gasteiger partial charge in [-0.3, -0.25) is 4.79 Å². The predicted octanol–water partition coefficient (Wildman–Crippen LogP) is 3.66. The molecule has 0 aliphatic heterocycles. The Morgan fingerprint density at radius 2 is 1.88 bits per heavy atom. The third-order valence-corrected chi connectivity index (χ3v) is 4.13. The van der Waals surface area contributed by atoms with Gasteiger partial charge in [-0.2, -0.15) is 0 Å². The molecule has 4 nitrogen and oxygen atoms in total. The van der Waals surface area contributed by atoms with Crippen LogP contribution in [0.2, 0.25) is 0 Å². The Morgan fingerprint density at radius 1 is 1.12 bits per heavy atom. The molecule has 0 saturated heterocycles. The van der Waals surface area contributed by atoms with E-state index in [2.05, 4.69) is 0 Å². The third-order valence-electron chi connectivity index (χ3n) is 4.13. The molecule has 4 heteroatoms. The molecule has 0 atom stereocenters. The van der Waals surface area contributed by atoms with E-state index in [4.69, 9.17) is 9.47 Å². The number of hydrogen-bond acceptors (Lipinski definition) is 3. The first-order chi connectivity index (χ1) is 11.6. The molecule has 0 amide bonds. The molecule has 0 aliphatic carbocycles. The van der Waals surface area contributed by atoms with E-state index in [0.29, 0.717) is 24.3 Å². The van der Waals surface area contributed by atoms with Crippen molar-refractivity contribution in [1.29, 1.82) is 0 Å². The second-order valence-electron chi connectivity index (χ2n) is 5.85. The molecule has 0 fully saturated rings. The van der Waals surface area contributed by atoms with Crippen molar-refractivity contribution in [3.63, 3.8) is 0 Å². The SMILES string of the molecule is COC/C(C)=C/COc1cccc2c(=O)c3ccccc3n(C)c12. The molecule has 1 heterocycles. The van der Waals surface area contributed by atoms with E-state index in [9.17, 15) is 4.79 Å². The summed E-state index contributed by atoms with van der Waals surface area (Å²) in [5, 5.41) is 1.40. The first kappa shape index (κ1) is 16.3. The van der Waals surface area contributed by atoms with E-state index >= 15 is 0 Å². The van der Waals surface area contributed by atoms with E-state index in [-0.39, 0.29) is 5.43 Å².